The predicted molar refractivity (Wildman–Crippen MR) is 58.4 cm³/mol. The largest absolute Gasteiger partial charge is 0.301 e. The summed E-state index contributed by atoms with van der Waals surface area (Å²) in [6.45, 7) is 11.7. The van der Waals surface area contributed by atoms with E-state index in [1.165, 1.54) is 0 Å². The molecule has 3 heteroatoms. The monoisotopic (exact) mass is 187 g/mol. The van der Waals surface area contributed by atoms with E-state index in [0.717, 1.165) is 6.54 Å². The number of nitrogens with zero attached hydrogens (tertiary/aromatic N) is 2. The number of rotatable bonds is 3. The SMILES string of the molecule is CCN(C(C)(C)C)C(C)(N)N(C)C. The molecule has 0 aromatic rings. The highest BCUT2D eigenvalue weighted by atomic mass is 15.5. The lowest BCUT2D eigenvalue weighted by molar-refractivity contribution is -0.0633. The van der Waals surface area contributed by atoms with E-state index in [2.05, 4.69) is 32.6 Å². The van der Waals surface area contributed by atoms with Crippen molar-refractivity contribution in [1.82, 2.24) is 9.80 Å². The van der Waals surface area contributed by atoms with E-state index in [1.807, 2.05) is 25.9 Å². The molecule has 1 atom stereocenters. The molecule has 0 saturated heterocycles. The van der Waals surface area contributed by atoms with Gasteiger partial charge < -0.3 is 5.73 Å². The molecular weight excluding hydrogens is 162 g/mol. The molecule has 0 aliphatic rings. The second-order valence-corrected chi connectivity index (χ2v) is 4.90. The Kier molecular flexibility index (Phi) is 3.91. The topological polar surface area (TPSA) is 32.5 Å². The van der Waals surface area contributed by atoms with Crippen LogP contribution < -0.4 is 5.73 Å². The molecule has 80 valence electrons. The first-order valence-corrected chi connectivity index (χ1v) is 4.88. The number of nitrogens with two attached hydrogens (primary N) is 1. The van der Waals surface area contributed by atoms with Crippen molar-refractivity contribution >= 4 is 0 Å². The second-order valence-electron chi connectivity index (χ2n) is 4.90. The van der Waals surface area contributed by atoms with E-state index in [9.17, 15) is 0 Å². The van der Waals surface area contributed by atoms with Crippen LogP contribution in [-0.4, -0.2) is 41.8 Å². The average Bonchev–Trinajstić information content (AvgIpc) is 1.83. The Morgan fingerprint density at radius 1 is 1.08 bits per heavy atom. The van der Waals surface area contributed by atoms with Crippen LogP contribution in [0.4, 0.5) is 0 Å². The number of hydrogen-bond acceptors (Lipinski definition) is 3. The van der Waals surface area contributed by atoms with Crippen molar-refractivity contribution in [3.05, 3.63) is 0 Å². The minimum absolute atomic E-state index is 0.0997. The number of hydrogen-bond donors (Lipinski definition) is 1. The fourth-order valence-electron chi connectivity index (χ4n) is 1.71. The van der Waals surface area contributed by atoms with Crippen molar-refractivity contribution in [2.75, 3.05) is 20.6 Å². The Hall–Kier alpha value is -0.120. The van der Waals surface area contributed by atoms with E-state index in [-0.39, 0.29) is 11.3 Å². The summed E-state index contributed by atoms with van der Waals surface area (Å²) in [5.41, 5.74) is 6.35. The summed E-state index contributed by atoms with van der Waals surface area (Å²) < 4.78 is 0. The molecular formula is C10H25N3. The van der Waals surface area contributed by atoms with Gasteiger partial charge in [-0.3, -0.25) is 9.80 Å². The molecule has 0 fully saturated rings. The van der Waals surface area contributed by atoms with Gasteiger partial charge >= 0.3 is 0 Å². The molecule has 0 saturated carbocycles. The smallest absolute Gasteiger partial charge is 0.122 e. The third kappa shape index (κ3) is 2.93. The zero-order chi connectivity index (χ0) is 10.9. The molecule has 0 rings (SSSR count). The summed E-state index contributed by atoms with van der Waals surface area (Å²) in [5, 5.41) is 0. The zero-order valence-corrected chi connectivity index (χ0v) is 10.2. The highest BCUT2D eigenvalue weighted by Crippen LogP contribution is 2.22. The Morgan fingerprint density at radius 2 is 1.46 bits per heavy atom. The molecule has 2 N–H and O–H groups in total. The molecule has 0 aromatic heterocycles. The minimum atomic E-state index is -0.382. The van der Waals surface area contributed by atoms with Gasteiger partial charge in [0.25, 0.3) is 0 Å². The molecule has 1 unspecified atom stereocenters. The first kappa shape index (κ1) is 12.9. The Labute approximate surface area is 82.9 Å². The maximum Gasteiger partial charge on any atom is 0.122 e. The van der Waals surface area contributed by atoms with Crippen LogP contribution in [0.25, 0.3) is 0 Å². The van der Waals surface area contributed by atoms with Gasteiger partial charge in [0.05, 0.1) is 0 Å². The molecule has 0 radical (unpaired) electrons. The van der Waals surface area contributed by atoms with Crippen molar-refractivity contribution in [1.29, 1.82) is 0 Å². The van der Waals surface area contributed by atoms with Crippen LogP contribution in [0.1, 0.15) is 34.6 Å². The standard InChI is InChI=1S/C10H25N3/c1-8-13(9(2,3)4)10(5,11)12(6)7/h8,11H2,1-7H3. The first-order valence-electron chi connectivity index (χ1n) is 4.88. The summed E-state index contributed by atoms with van der Waals surface area (Å²) in [5.74, 6) is -0.382. The van der Waals surface area contributed by atoms with E-state index in [0.29, 0.717) is 0 Å². The fourth-order valence-corrected chi connectivity index (χ4v) is 1.71. The van der Waals surface area contributed by atoms with Gasteiger partial charge in [-0.05, 0) is 48.3 Å². The van der Waals surface area contributed by atoms with E-state index in [4.69, 9.17) is 5.73 Å². The molecule has 0 bridgehead atoms. The molecule has 0 aliphatic heterocycles. The van der Waals surface area contributed by atoms with Gasteiger partial charge in [-0.15, -0.1) is 0 Å². The summed E-state index contributed by atoms with van der Waals surface area (Å²) in [4.78, 5) is 4.32. The van der Waals surface area contributed by atoms with Crippen LogP contribution >= 0.6 is 0 Å². The quantitative estimate of drug-likeness (QED) is 0.676. The third-order valence-electron chi connectivity index (χ3n) is 2.58. The minimum Gasteiger partial charge on any atom is -0.301 e. The van der Waals surface area contributed by atoms with Gasteiger partial charge in [-0.2, -0.15) is 0 Å². The molecule has 0 aromatic carbocycles. The van der Waals surface area contributed by atoms with Crippen molar-refractivity contribution in [2.24, 2.45) is 5.73 Å². The van der Waals surface area contributed by atoms with Crippen molar-refractivity contribution in [3.8, 4) is 0 Å². The lowest BCUT2D eigenvalue weighted by Crippen LogP contribution is -2.67. The van der Waals surface area contributed by atoms with Crippen LogP contribution in [0.3, 0.4) is 0 Å². The molecule has 0 heterocycles. The molecule has 13 heavy (non-hydrogen) atoms. The molecule has 0 spiro atoms. The molecule has 0 aliphatic carbocycles. The summed E-state index contributed by atoms with van der Waals surface area (Å²) in [7, 11) is 4.02. The van der Waals surface area contributed by atoms with Crippen LogP contribution in [-0.2, 0) is 0 Å². The fraction of sp³-hybridized carbons (Fsp3) is 1.00. The summed E-state index contributed by atoms with van der Waals surface area (Å²) >= 11 is 0. The lowest BCUT2D eigenvalue weighted by Gasteiger charge is -2.49. The maximum absolute atomic E-state index is 6.25. The van der Waals surface area contributed by atoms with Crippen LogP contribution in [0.15, 0.2) is 0 Å². The van der Waals surface area contributed by atoms with Gasteiger partial charge in [-0.1, -0.05) is 6.92 Å². The van der Waals surface area contributed by atoms with Gasteiger partial charge in [0.2, 0.25) is 0 Å². The van der Waals surface area contributed by atoms with Crippen molar-refractivity contribution in [3.63, 3.8) is 0 Å². The second kappa shape index (κ2) is 3.95. The van der Waals surface area contributed by atoms with Crippen molar-refractivity contribution in [2.45, 2.75) is 45.9 Å². The average molecular weight is 187 g/mol. The molecule has 3 nitrogen and oxygen atoms in total. The third-order valence-corrected chi connectivity index (χ3v) is 2.58. The van der Waals surface area contributed by atoms with Crippen LogP contribution in [0, 0.1) is 0 Å². The summed E-state index contributed by atoms with van der Waals surface area (Å²) in [6.07, 6.45) is 0. The van der Waals surface area contributed by atoms with E-state index in [1.54, 1.807) is 0 Å². The van der Waals surface area contributed by atoms with Crippen molar-refractivity contribution < 1.29 is 0 Å². The van der Waals surface area contributed by atoms with E-state index >= 15 is 0 Å². The lowest BCUT2D eigenvalue weighted by atomic mass is 10.0. The van der Waals surface area contributed by atoms with Gasteiger partial charge in [0.15, 0.2) is 0 Å². The first-order chi connectivity index (χ1) is 5.64. The van der Waals surface area contributed by atoms with Crippen LogP contribution in [0.5, 0.6) is 0 Å². The van der Waals surface area contributed by atoms with Gasteiger partial charge in [-0.25, -0.2) is 0 Å². The normalized spacial score (nSPS) is 18.0. The Bertz CT molecular complexity index is 156. The Morgan fingerprint density at radius 3 is 1.54 bits per heavy atom. The highest BCUT2D eigenvalue weighted by Gasteiger charge is 2.35. The van der Waals surface area contributed by atoms with Crippen LogP contribution in [0.2, 0.25) is 0 Å². The van der Waals surface area contributed by atoms with Gasteiger partial charge in [0, 0.05) is 5.54 Å². The predicted octanol–water partition coefficient (Wildman–Crippen LogP) is 1.30. The zero-order valence-electron chi connectivity index (χ0n) is 10.2. The summed E-state index contributed by atoms with van der Waals surface area (Å²) in [6, 6.07) is 0. The van der Waals surface area contributed by atoms with Gasteiger partial charge in [0.1, 0.15) is 5.79 Å². The maximum atomic E-state index is 6.25. The highest BCUT2D eigenvalue weighted by molar-refractivity contribution is 4.86. The molecule has 0 amide bonds. The van der Waals surface area contributed by atoms with E-state index < -0.39 is 0 Å². The Balaban J connectivity index is 4.77.